The Morgan fingerprint density at radius 1 is 1.43 bits per heavy atom. The van der Waals surface area contributed by atoms with E-state index in [-0.39, 0.29) is 0 Å². The van der Waals surface area contributed by atoms with Gasteiger partial charge in [-0.05, 0) is 18.7 Å². The molecule has 76 valence electrons. The van der Waals surface area contributed by atoms with Gasteiger partial charge in [-0.2, -0.15) is 0 Å². The van der Waals surface area contributed by atoms with Crippen molar-refractivity contribution in [2.24, 2.45) is 0 Å². The predicted octanol–water partition coefficient (Wildman–Crippen LogP) is 1.92. The quantitative estimate of drug-likeness (QED) is 0.762. The number of hydrogen-bond acceptors (Lipinski definition) is 2. The first-order valence-corrected chi connectivity index (χ1v) is 5.32. The third-order valence-corrected chi connectivity index (χ3v) is 3.12. The lowest BCUT2D eigenvalue weighted by Crippen LogP contribution is -2.43. The van der Waals surface area contributed by atoms with Gasteiger partial charge in [-0.1, -0.05) is 29.8 Å². The van der Waals surface area contributed by atoms with Gasteiger partial charge in [0.25, 0.3) is 0 Å². The number of halogens is 1. The van der Waals surface area contributed by atoms with Crippen molar-refractivity contribution in [2.75, 3.05) is 26.7 Å². The molecule has 1 atom stereocenters. The maximum Gasteiger partial charge on any atom is 0.0484 e. The van der Waals surface area contributed by atoms with Crippen molar-refractivity contribution in [1.82, 2.24) is 10.2 Å². The second-order valence-electron chi connectivity index (χ2n) is 3.72. The Bertz CT molecular complexity index is 314. The Hall–Kier alpha value is -0.570. The molecule has 1 saturated heterocycles. The van der Waals surface area contributed by atoms with Crippen molar-refractivity contribution in [3.63, 3.8) is 0 Å². The summed E-state index contributed by atoms with van der Waals surface area (Å²) in [6, 6.07) is 8.50. The third kappa shape index (κ3) is 1.92. The normalized spacial score (nSPS) is 23.7. The lowest BCUT2D eigenvalue weighted by molar-refractivity contribution is 0.202. The number of benzene rings is 1. The number of piperazine rings is 1. The van der Waals surface area contributed by atoms with E-state index in [1.807, 2.05) is 18.2 Å². The van der Waals surface area contributed by atoms with Gasteiger partial charge < -0.3 is 5.32 Å². The van der Waals surface area contributed by atoms with Gasteiger partial charge in [0.15, 0.2) is 0 Å². The minimum Gasteiger partial charge on any atom is -0.314 e. The average Bonchev–Trinajstić information content (AvgIpc) is 2.20. The van der Waals surface area contributed by atoms with Gasteiger partial charge in [-0.25, -0.2) is 0 Å². The fraction of sp³-hybridized carbons (Fsp3) is 0.455. The topological polar surface area (TPSA) is 15.3 Å². The molecule has 2 nitrogen and oxygen atoms in total. The van der Waals surface area contributed by atoms with Crippen molar-refractivity contribution < 1.29 is 0 Å². The fourth-order valence-corrected chi connectivity index (χ4v) is 2.16. The molecule has 0 saturated carbocycles. The van der Waals surface area contributed by atoms with Gasteiger partial charge in [-0.3, -0.25) is 4.90 Å². The molecule has 14 heavy (non-hydrogen) atoms. The first-order valence-electron chi connectivity index (χ1n) is 4.94. The number of rotatable bonds is 1. The van der Waals surface area contributed by atoms with Crippen LogP contribution in [-0.4, -0.2) is 31.6 Å². The standard InChI is InChI=1S/C11H15ClN2/c1-14-7-6-13-8-11(14)9-4-2-3-5-10(9)12/h2-5,11,13H,6-8H2,1H3. The largest absolute Gasteiger partial charge is 0.314 e. The molecule has 0 spiro atoms. The average molecular weight is 211 g/mol. The lowest BCUT2D eigenvalue weighted by Gasteiger charge is -2.33. The van der Waals surface area contributed by atoms with E-state index >= 15 is 0 Å². The molecule has 2 rings (SSSR count). The zero-order chi connectivity index (χ0) is 9.97. The van der Waals surface area contributed by atoms with E-state index in [1.54, 1.807) is 0 Å². The molecule has 1 fully saturated rings. The van der Waals surface area contributed by atoms with E-state index in [0.29, 0.717) is 6.04 Å². The molecule has 1 aliphatic rings. The van der Waals surface area contributed by atoms with Gasteiger partial charge in [0.05, 0.1) is 0 Å². The van der Waals surface area contributed by atoms with Crippen LogP contribution < -0.4 is 5.32 Å². The van der Waals surface area contributed by atoms with Crippen molar-refractivity contribution in [3.05, 3.63) is 34.9 Å². The van der Waals surface area contributed by atoms with Crippen LogP contribution in [0.1, 0.15) is 11.6 Å². The molecule has 1 aliphatic heterocycles. The second-order valence-corrected chi connectivity index (χ2v) is 4.13. The Labute approximate surface area is 89.9 Å². The van der Waals surface area contributed by atoms with Crippen molar-refractivity contribution in [2.45, 2.75) is 6.04 Å². The Kier molecular flexibility index (Phi) is 3.06. The molecule has 0 bridgehead atoms. The summed E-state index contributed by atoms with van der Waals surface area (Å²) < 4.78 is 0. The fourth-order valence-electron chi connectivity index (χ4n) is 1.90. The molecule has 0 aromatic heterocycles. The minimum atomic E-state index is 0.414. The van der Waals surface area contributed by atoms with Crippen LogP contribution in [0.5, 0.6) is 0 Å². The van der Waals surface area contributed by atoms with Crippen LogP contribution in [0.15, 0.2) is 24.3 Å². The van der Waals surface area contributed by atoms with E-state index in [9.17, 15) is 0 Å². The van der Waals surface area contributed by atoms with Crippen LogP contribution in [0, 0.1) is 0 Å². The van der Waals surface area contributed by atoms with Gasteiger partial charge in [0, 0.05) is 30.7 Å². The first-order chi connectivity index (χ1) is 6.79. The number of nitrogens with zero attached hydrogens (tertiary/aromatic N) is 1. The van der Waals surface area contributed by atoms with Crippen LogP contribution in [-0.2, 0) is 0 Å². The number of likely N-dealkylation sites (N-methyl/N-ethyl adjacent to an activating group) is 1. The molecule has 1 heterocycles. The van der Waals surface area contributed by atoms with Gasteiger partial charge in [0.1, 0.15) is 0 Å². The minimum absolute atomic E-state index is 0.414. The molecule has 0 aliphatic carbocycles. The van der Waals surface area contributed by atoms with Crippen LogP contribution >= 0.6 is 11.6 Å². The Morgan fingerprint density at radius 3 is 2.93 bits per heavy atom. The summed E-state index contributed by atoms with van der Waals surface area (Å²) in [5.41, 5.74) is 1.23. The Balaban J connectivity index is 2.25. The highest BCUT2D eigenvalue weighted by Gasteiger charge is 2.21. The maximum absolute atomic E-state index is 6.17. The molecule has 1 aromatic rings. The second kappa shape index (κ2) is 4.30. The first kappa shape index (κ1) is 9.97. The SMILES string of the molecule is CN1CCNCC1c1ccccc1Cl. The van der Waals surface area contributed by atoms with E-state index in [1.165, 1.54) is 5.56 Å². The van der Waals surface area contributed by atoms with Crippen LogP contribution in [0.25, 0.3) is 0 Å². The molecule has 3 heteroatoms. The Morgan fingerprint density at radius 2 is 2.21 bits per heavy atom. The van der Waals surface area contributed by atoms with E-state index in [2.05, 4.69) is 23.3 Å². The summed E-state index contributed by atoms with van der Waals surface area (Å²) in [4.78, 5) is 2.34. The highest BCUT2D eigenvalue weighted by molar-refractivity contribution is 6.31. The van der Waals surface area contributed by atoms with E-state index in [4.69, 9.17) is 11.6 Å². The smallest absolute Gasteiger partial charge is 0.0484 e. The highest BCUT2D eigenvalue weighted by atomic mass is 35.5. The van der Waals surface area contributed by atoms with Crippen molar-refractivity contribution >= 4 is 11.6 Å². The molecule has 1 aromatic carbocycles. The number of nitrogens with one attached hydrogen (secondary N) is 1. The molecule has 0 amide bonds. The summed E-state index contributed by atoms with van der Waals surface area (Å²) >= 11 is 6.17. The van der Waals surface area contributed by atoms with Crippen LogP contribution in [0.2, 0.25) is 5.02 Å². The van der Waals surface area contributed by atoms with Gasteiger partial charge >= 0.3 is 0 Å². The van der Waals surface area contributed by atoms with E-state index < -0.39 is 0 Å². The number of hydrogen-bond donors (Lipinski definition) is 1. The molecule has 1 unspecified atom stereocenters. The van der Waals surface area contributed by atoms with Gasteiger partial charge in [-0.15, -0.1) is 0 Å². The zero-order valence-electron chi connectivity index (χ0n) is 8.33. The summed E-state index contributed by atoms with van der Waals surface area (Å²) in [5, 5.41) is 4.26. The summed E-state index contributed by atoms with van der Waals surface area (Å²) in [6.07, 6.45) is 0. The molecule has 1 N–H and O–H groups in total. The molecular weight excluding hydrogens is 196 g/mol. The highest BCUT2D eigenvalue weighted by Crippen LogP contribution is 2.26. The third-order valence-electron chi connectivity index (χ3n) is 2.78. The van der Waals surface area contributed by atoms with Crippen molar-refractivity contribution in [1.29, 1.82) is 0 Å². The summed E-state index contributed by atoms with van der Waals surface area (Å²) in [7, 11) is 2.15. The van der Waals surface area contributed by atoms with Gasteiger partial charge in [0.2, 0.25) is 0 Å². The van der Waals surface area contributed by atoms with Crippen molar-refractivity contribution in [3.8, 4) is 0 Å². The maximum atomic E-state index is 6.17. The van der Waals surface area contributed by atoms with E-state index in [0.717, 1.165) is 24.7 Å². The molecular formula is C11H15ClN2. The predicted molar refractivity (Wildman–Crippen MR) is 59.7 cm³/mol. The summed E-state index contributed by atoms with van der Waals surface area (Å²) in [5.74, 6) is 0. The van der Waals surface area contributed by atoms with Crippen LogP contribution in [0.3, 0.4) is 0 Å². The molecule has 0 radical (unpaired) electrons. The monoisotopic (exact) mass is 210 g/mol. The lowest BCUT2D eigenvalue weighted by atomic mass is 10.0. The summed E-state index contributed by atoms with van der Waals surface area (Å²) in [6.45, 7) is 3.13. The zero-order valence-corrected chi connectivity index (χ0v) is 9.09. The van der Waals surface area contributed by atoms with Crippen LogP contribution in [0.4, 0.5) is 0 Å².